The molecule has 0 aliphatic carbocycles. The molecule has 0 bridgehead atoms. The summed E-state index contributed by atoms with van der Waals surface area (Å²) < 4.78 is 5.54. The number of methoxy groups -OCH3 is 1. The van der Waals surface area contributed by atoms with Crippen molar-refractivity contribution >= 4 is 0 Å². The van der Waals surface area contributed by atoms with Gasteiger partial charge in [0.1, 0.15) is 0 Å². The Morgan fingerprint density at radius 1 is 0.882 bits per heavy atom. The molecule has 0 saturated carbocycles. The van der Waals surface area contributed by atoms with Gasteiger partial charge in [0.15, 0.2) is 0 Å². The molecule has 0 heterocycles. The van der Waals surface area contributed by atoms with Gasteiger partial charge in [0.05, 0.1) is 6.10 Å². The van der Waals surface area contributed by atoms with Crippen molar-refractivity contribution in [2.45, 2.75) is 12.5 Å². The van der Waals surface area contributed by atoms with Crippen LogP contribution >= 0.6 is 0 Å². The Labute approximate surface area is 103 Å². The lowest BCUT2D eigenvalue weighted by Gasteiger charge is -2.15. The quantitative estimate of drug-likeness (QED) is 0.867. The average molecular weight is 229 g/mol. The highest BCUT2D eigenvalue weighted by Gasteiger charge is 2.10. The molecule has 0 aliphatic rings. The molecule has 2 aromatic rings. The van der Waals surface area contributed by atoms with Crippen molar-refractivity contribution in [3.63, 3.8) is 0 Å². The van der Waals surface area contributed by atoms with E-state index in [0.29, 0.717) is 0 Å². The molecule has 1 unspecified atom stereocenters. The van der Waals surface area contributed by atoms with E-state index in [1.54, 1.807) is 7.11 Å². The Hall–Kier alpha value is -1.64. The molecule has 2 rings (SSSR count). The summed E-state index contributed by atoms with van der Waals surface area (Å²) in [5, 5.41) is 0. The lowest BCUT2D eigenvalue weighted by Crippen LogP contribution is -2.04. The van der Waals surface area contributed by atoms with Gasteiger partial charge in [-0.2, -0.15) is 0 Å². The van der Waals surface area contributed by atoms with Crippen LogP contribution in [0.15, 0.2) is 60.7 Å². The summed E-state index contributed by atoms with van der Waals surface area (Å²) >= 11 is 0. The molecule has 0 aromatic heterocycles. The van der Waals surface area contributed by atoms with Crippen molar-refractivity contribution in [1.29, 1.82) is 0 Å². The SMILES string of the molecule is COC(Cc1ccccc1)c1ccccc1.N. The van der Waals surface area contributed by atoms with Crippen LogP contribution in [0.3, 0.4) is 0 Å². The maximum absolute atomic E-state index is 5.54. The van der Waals surface area contributed by atoms with Crippen LogP contribution in [0.2, 0.25) is 0 Å². The number of benzene rings is 2. The van der Waals surface area contributed by atoms with Gasteiger partial charge in [0.2, 0.25) is 0 Å². The second kappa shape index (κ2) is 6.84. The van der Waals surface area contributed by atoms with Gasteiger partial charge in [-0.25, -0.2) is 0 Å². The Bertz CT molecular complexity index is 413. The van der Waals surface area contributed by atoms with Crippen molar-refractivity contribution in [2.75, 3.05) is 7.11 Å². The van der Waals surface area contributed by atoms with E-state index in [4.69, 9.17) is 4.74 Å². The Morgan fingerprint density at radius 3 is 1.94 bits per heavy atom. The molecule has 0 fully saturated rings. The van der Waals surface area contributed by atoms with Crippen LogP contribution in [0.25, 0.3) is 0 Å². The summed E-state index contributed by atoms with van der Waals surface area (Å²) in [6.07, 6.45) is 1.06. The van der Waals surface area contributed by atoms with Gasteiger partial charge >= 0.3 is 0 Å². The molecular formula is C15H19NO. The fourth-order valence-electron chi connectivity index (χ4n) is 1.83. The lowest BCUT2D eigenvalue weighted by molar-refractivity contribution is 0.104. The van der Waals surface area contributed by atoms with Crippen LogP contribution in [0, 0.1) is 0 Å². The van der Waals surface area contributed by atoms with Crippen molar-refractivity contribution in [1.82, 2.24) is 6.15 Å². The average Bonchev–Trinajstić information content (AvgIpc) is 2.38. The predicted octanol–water partition coefficient (Wildman–Crippen LogP) is 3.78. The third kappa shape index (κ3) is 3.70. The summed E-state index contributed by atoms with van der Waals surface area (Å²) in [7, 11) is 1.76. The maximum Gasteiger partial charge on any atom is 0.0861 e. The topological polar surface area (TPSA) is 44.2 Å². The van der Waals surface area contributed by atoms with E-state index >= 15 is 0 Å². The van der Waals surface area contributed by atoms with E-state index in [0.717, 1.165) is 6.42 Å². The summed E-state index contributed by atoms with van der Waals surface area (Å²) in [5.74, 6) is 0. The highest BCUT2D eigenvalue weighted by atomic mass is 16.5. The molecule has 2 heteroatoms. The van der Waals surface area contributed by atoms with E-state index in [1.165, 1.54) is 11.1 Å². The van der Waals surface area contributed by atoms with E-state index in [2.05, 4.69) is 36.4 Å². The van der Waals surface area contributed by atoms with Gasteiger partial charge in [-0.15, -0.1) is 0 Å². The van der Waals surface area contributed by atoms with Crippen LogP contribution in [-0.2, 0) is 11.2 Å². The third-order valence-corrected chi connectivity index (χ3v) is 2.72. The second-order valence-corrected chi connectivity index (χ2v) is 3.82. The molecule has 0 radical (unpaired) electrons. The molecule has 1 atom stereocenters. The smallest absolute Gasteiger partial charge is 0.0861 e. The van der Waals surface area contributed by atoms with Crippen LogP contribution in [0.4, 0.5) is 0 Å². The minimum atomic E-state index is 0. The summed E-state index contributed by atoms with van der Waals surface area (Å²) in [6.45, 7) is 0. The van der Waals surface area contributed by atoms with Gasteiger partial charge in [-0.05, 0) is 11.1 Å². The van der Waals surface area contributed by atoms with Crippen molar-refractivity contribution in [2.24, 2.45) is 0 Å². The first kappa shape index (κ1) is 13.4. The number of ether oxygens (including phenoxy) is 1. The Morgan fingerprint density at radius 2 is 1.41 bits per heavy atom. The number of rotatable bonds is 4. The zero-order chi connectivity index (χ0) is 11.2. The van der Waals surface area contributed by atoms with Gasteiger partial charge in [0, 0.05) is 13.5 Å². The molecule has 0 amide bonds. The summed E-state index contributed by atoms with van der Waals surface area (Å²) in [5.41, 5.74) is 2.53. The van der Waals surface area contributed by atoms with Gasteiger partial charge < -0.3 is 10.9 Å². The monoisotopic (exact) mass is 229 g/mol. The van der Waals surface area contributed by atoms with Crippen LogP contribution in [0.1, 0.15) is 17.2 Å². The minimum Gasteiger partial charge on any atom is -0.376 e. The lowest BCUT2D eigenvalue weighted by atomic mass is 10.0. The molecule has 90 valence electrons. The second-order valence-electron chi connectivity index (χ2n) is 3.82. The largest absolute Gasteiger partial charge is 0.376 e. The molecule has 0 aliphatic heterocycles. The summed E-state index contributed by atoms with van der Waals surface area (Å²) in [6, 6.07) is 20.8. The molecule has 0 spiro atoms. The summed E-state index contributed by atoms with van der Waals surface area (Å²) in [4.78, 5) is 0. The van der Waals surface area contributed by atoms with Crippen molar-refractivity contribution < 1.29 is 4.74 Å². The number of hydrogen-bond donors (Lipinski definition) is 1. The fourth-order valence-corrected chi connectivity index (χ4v) is 1.83. The van der Waals surface area contributed by atoms with Crippen LogP contribution in [-0.4, -0.2) is 7.11 Å². The first-order valence-electron chi connectivity index (χ1n) is 5.52. The normalized spacial score (nSPS) is 11.6. The van der Waals surface area contributed by atoms with E-state index in [-0.39, 0.29) is 12.3 Å². The fraction of sp³-hybridized carbons (Fsp3) is 0.200. The molecule has 17 heavy (non-hydrogen) atoms. The van der Waals surface area contributed by atoms with Crippen molar-refractivity contribution in [3.05, 3.63) is 71.8 Å². The zero-order valence-corrected chi connectivity index (χ0v) is 10.2. The first-order valence-corrected chi connectivity index (χ1v) is 5.52. The molecule has 2 nitrogen and oxygen atoms in total. The highest BCUT2D eigenvalue weighted by Crippen LogP contribution is 2.21. The van der Waals surface area contributed by atoms with Gasteiger partial charge in [0.25, 0.3) is 0 Å². The van der Waals surface area contributed by atoms with Gasteiger partial charge in [-0.3, -0.25) is 0 Å². The molecule has 2 aromatic carbocycles. The van der Waals surface area contributed by atoms with E-state index < -0.39 is 0 Å². The minimum absolute atomic E-state index is 0. The predicted molar refractivity (Wildman–Crippen MR) is 71.4 cm³/mol. The molecule has 0 saturated heterocycles. The Kier molecular flexibility index (Phi) is 5.40. The molecular weight excluding hydrogens is 210 g/mol. The third-order valence-electron chi connectivity index (χ3n) is 2.72. The standard InChI is InChI=1S/C15H16O.H3N/c1-16-15(14-10-6-3-7-11-14)12-13-8-4-2-5-9-13;/h2-11,15H,12H2,1H3;1H3. The maximum atomic E-state index is 5.54. The Balaban J connectivity index is 0.00000144. The highest BCUT2D eigenvalue weighted by molar-refractivity contribution is 5.22. The molecule has 3 N–H and O–H groups in total. The number of hydrogen-bond acceptors (Lipinski definition) is 2. The van der Waals surface area contributed by atoms with Crippen LogP contribution in [0.5, 0.6) is 0 Å². The van der Waals surface area contributed by atoms with Crippen molar-refractivity contribution in [3.8, 4) is 0 Å². The van der Waals surface area contributed by atoms with E-state index in [1.807, 2.05) is 24.3 Å². The van der Waals surface area contributed by atoms with Crippen LogP contribution < -0.4 is 6.15 Å². The van der Waals surface area contributed by atoms with Gasteiger partial charge in [-0.1, -0.05) is 60.7 Å². The first-order chi connectivity index (χ1) is 7.90. The van der Waals surface area contributed by atoms with E-state index in [9.17, 15) is 0 Å². The zero-order valence-electron chi connectivity index (χ0n) is 10.2.